The van der Waals surface area contributed by atoms with Crippen LogP contribution in [0.3, 0.4) is 0 Å². The van der Waals surface area contributed by atoms with Crippen LogP contribution in [-0.4, -0.2) is 31.2 Å². The molecule has 0 aromatic carbocycles. The van der Waals surface area contributed by atoms with Gasteiger partial charge in [0, 0.05) is 6.20 Å². The van der Waals surface area contributed by atoms with Crippen molar-refractivity contribution in [2.24, 2.45) is 0 Å². The number of nitrogens with one attached hydrogen (secondary N) is 2. The predicted molar refractivity (Wildman–Crippen MR) is 90.6 cm³/mol. The first-order valence-corrected chi connectivity index (χ1v) is 8.29. The maximum absolute atomic E-state index is 12.2. The van der Waals surface area contributed by atoms with E-state index in [2.05, 4.69) is 30.6 Å². The van der Waals surface area contributed by atoms with Gasteiger partial charge in [-0.25, -0.2) is 0 Å². The van der Waals surface area contributed by atoms with Crippen molar-refractivity contribution in [3.8, 4) is 22.2 Å². The summed E-state index contributed by atoms with van der Waals surface area (Å²) in [6.07, 6.45) is 1.67. The zero-order valence-corrected chi connectivity index (χ0v) is 13.7. The molecule has 0 aliphatic rings. The van der Waals surface area contributed by atoms with Crippen molar-refractivity contribution in [2.45, 2.75) is 6.54 Å². The summed E-state index contributed by atoms with van der Waals surface area (Å²) in [5, 5.41) is 15.3. The van der Waals surface area contributed by atoms with Crippen LogP contribution < -0.4 is 5.32 Å². The molecule has 0 fully saturated rings. The average molecular weight is 352 g/mol. The quantitative estimate of drug-likeness (QED) is 0.571. The molecule has 2 N–H and O–H groups in total. The third-order valence-electron chi connectivity index (χ3n) is 3.36. The van der Waals surface area contributed by atoms with Gasteiger partial charge in [-0.05, 0) is 29.6 Å². The van der Waals surface area contributed by atoms with Crippen LogP contribution in [0.4, 0.5) is 0 Å². The fraction of sp³-hybridized carbons (Fsp3) is 0.0625. The lowest BCUT2D eigenvalue weighted by molar-refractivity contribution is 0.0944. The first-order valence-electron chi connectivity index (χ1n) is 7.41. The molecule has 1 amide bonds. The van der Waals surface area contributed by atoms with Crippen molar-refractivity contribution in [1.29, 1.82) is 0 Å². The van der Waals surface area contributed by atoms with E-state index in [1.807, 2.05) is 35.7 Å². The van der Waals surface area contributed by atoms with Gasteiger partial charge in [0.1, 0.15) is 11.4 Å². The highest BCUT2D eigenvalue weighted by Crippen LogP contribution is 2.22. The predicted octanol–water partition coefficient (Wildman–Crippen LogP) is 2.51. The molecule has 8 nitrogen and oxygen atoms in total. The molecule has 4 heterocycles. The van der Waals surface area contributed by atoms with Crippen LogP contribution in [0, 0.1) is 0 Å². The Balaban J connectivity index is 1.40. The van der Waals surface area contributed by atoms with Gasteiger partial charge in [-0.3, -0.25) is 14.9 Å². The smallest absolute Gasteiger partial charge is 0.269 e. The first kappa shape index (κ1) is 15.2. The number of thiophene rings is 1. The summed E-state index contributed by atoms with van der Waals surface area (Å²) >= 11 is 1.51. The second-order valence-electron chi connectivity index (χ2n) is 5.06. The summed E-state index contributed by atoms with van der Waals surface area (Å²) in [4.78, 5) is 21.5. The zero-order valence-electron chi connectivity index (χ0n) is 12.8. The molecule has 0 spiro atoms. The highest BCUT2D eigenvalue weighted by atomic mass is 32.1. The summed E-state index contributed by atoms with van der Waals surface area (Å²) in [6.45, 7) is 0.158. The monoisotopic (exact) mass is 352 g/mol. The molecule has 9 heteroatoms. The van der Waals surface area contributed by atoms with Crippen molar-refractivity contribution in [2.75, 3.05) is 0 Å². The fourth-order valence-corrected chi connectivity index (χ4v) is 2.81. The van der Waals surface area contributed by atoms with Crippen molar-refractivity contribution in [3.63, 3.8) is 0 Å². The van der Waals surface area contributed by atoms with E-state index < -0.39 is 0 Å². The van der Waals surface area contributed by atoms with Crippen molar-refractivity contribution < 1.29 is 9.32 Å². The zero-order chi connectivity index (χ0) is 17.1. The number of hydrogen-bond acceptors (Lipinski definition) is 7. The van der Waals surface area contributed by atoms with Crippen LogP contribution >= 0.6 is 11.3 Å². The number of carbonyl (C=O) groups excluding carboxylic acids is 1. The molecule has 0 saturated carbocycles. The van der Waals surface area contributed by atoms with Crippen LogP contribution in [-0.2, 0) is 6.54 Å². The number of carbonyl (C=O) groups is 1. The van der Waals surface area contributed by atoms with E-state index in [1.165, 1.54) is 11.3 Å². The summed E-state index contributed by atoms with van der Waals surface area (Å²) < 4.78 is 5.18. The van der Waals surface area contributed by atoms with E-state index in [0.29, 0.717) is 28.8 Å². The van der Waals surface area contributed by atoms with Gasteiger partial charge in [0.05, 0.1) is 17.1 Å². The number of aromatic amines is 1. The molecule has 0 bridgehead atoms. The average Bonchev–Trinajstić information content (AvgIpc) is 3.41. The van der Waals surface area contributed by atoms with Gasteiger partial charge in [-0.1, -0.05) is 17.3 Å². The Morgan fingerprint density at radius 1 is 1.24 bits per heavy atom. The molecular weight excluding hydrogens is 340 g/mol. The largest absolute Gasteiger partial charge is 0.343 e. The summed E-state index contributed by atoms with van der Waals surface area (Å²) in [7, 11) is 0. The normalized spacial score (nSPS) is 10.7. The maximum atomic E-state index is 12.2. The number of amides is 1. The van der Waals surface area contributed by atoms with Crippen LogP contribution in [0.15, 0.2) is 52.5 Å². The van der Waals surface area contributed by atoms with E-state index in [-0.39, 0.29) is 12.5 Å². The Bertz CT molecular complexity index is 977. The van der Waals surface area contributed by atoms with Crippen LogP contribution in [0.25, 0.3) is 22.2 Å². The van der Waals surface area contributed by atoms with Crippen molar-refractivity contribution in [1.82, 2.24) is 30.6 Å². The number of rotatable bonds is 5. The van der Waals surface area contributed by atoms with Crippen LogP contribution in [0.2, 0.25) is 0 Å². The van der Waals surface area contributed by atoms with Crippen LogP contribution in [0.5, 0.6) is 0 Å². The Morgan fingerprint density at radius 3 is 3.00 bits per heavy atom. The third-order valence-corrected chi connectivity index (χ3v) is 4.21. The topological polar surface area (TPSA) is 110 Å². The van der Waals surface area contributed by atoms with Crippen molar-refractivity contribution in [3.05, 3.63) is 59.5 Å². The van der Waals surface area contributed by atoms with E-state index in [9.17, 15) is 4.79 Å². The molecule has 0 aliphatic carbocycles. The minimum Gasteiger partial charge on any atom is -0.343 e. The lowest BCUT2D eigenvalue weighted by Gasteiger charge is -1.98. The number of aromatic nitrogens is 5. The minimum atomic E-state index is -0.308. The first-order chi connectivity index (χ1) is 12.3. The summed E-state index contributed by atoms with van der Waals surface area (Å²) in [5.74, 6) is 0.539. The summed E-state index contributed by atoms with van der Waals surface area (Å²) in [6, 6.07) is 10.9. The molecule has 0 atom stereocenters. The third kappa shape index (κ3) is 3.31. The van der Waals surface area contributed by atoms with Gasteiger partial charge in [-0.2, -0.15) is 10.1 Å². The molecule has 25 heavy (non-hydrogen) atoms. The second kappa shape index (κ2) is 6.65. The minimum absolute atomic E-state index is 0.158. The molecule has 0 aliphatic heterocycles. The Morgan fingerprint density at radius 2 is 2.20 bits per heavy atom. The molecule has 4 aromatic rings. The standard InChI is InChI=1S/C16H12N6O2S/c23-15(12-8-11(20-21-12)10-4-1-2-6-17-10)18-9-14-19-16(24-22-14)13-5-3-7-25-13/h1-8H,9H2,(H,18,23)(H,20,21). The van der Waals surface area contributed by atoms with Gasteiger partial charge in [0.2, 0.25) is 0 Å². The van der Waals surface area contributed by atoms with Crippen molar-refractivity contribution >= 4 is 17.2 Å². The van der Waals surface area contributed by atoms with E-state index >= 15 is 0 Å². The number of H-pyrrole nitrogens is 1. The number of nitrogens with zero attached hydrogens (tertiary/aromatic N) is 4. The number of hydrogen-bond donors (Lipinski definition) is 2. The molecule has 0 radical (unpaired) electrons. The van der Waals surface area contributed by atoms with Gasteiger partial charge in [-0.15, -0.1) is 11.3 Å². The lowest BCUT2D eigenvalue weighted by atomic mass is 10.2. The lowest BCUT2D eigenvalue weighted by Crippen LogP contribution is -2.23. The highest BCUT2D eigenvalue weighted by Gasteiger charge is 2.14. The second-order valence-corrected chi connectivity index (χ2v) is 6.01. The SMILES string of the molecule is O=C(NCc1noc(-c2cccs2)n1)c1cc(-c2ccccn2)n[nH]1. The Hall–Kier alpha value is -3.33. The Labute approximate surface area is 145 Å². The fourth-order valence-electron chi connectivity index (χ4n) is 2.16. The molecule has 124 valence electrons. The molecular formula is C16H12N6O2S. The Kier molecular flexibility index (Phi) is 4.05. The number of pyridine rings is 1. The van der Waals surface area contributed by atoms with E-state index in [1.54, 1.807) is 12.3 Å². The van der Waals surface area contributed by atoms with Gasteiger partial charge in [0.15, 0.2) is 5.82 Å². The van der Waals surface area contributed by atoms with E-state index in [4.69, 9.17) is 4.52 Å². The highest BCUT2D eigenvalue weighted by molar-refractivity contribution is 7.13. The van der Waals surface area contributed by atoms with E-state index in [0.717, 1.165) is 4.88 Å². The van der Waals surface area contributed by atoms with Gasteiger partial charge in [0.25, 0.3) is 11.8 Å². The van der Waals surface area contributed by atoms with Crippen LogP contribution in [0.1, 0.15) is 16.3 Å². The molecule has 0 saturated heterocycles. The summed E-state index contributed by atoms with van der Waals surface area (Å²) in [5.41, 5.74) is 1.63. The van der Waals surface area contributed by atoms with Gasteiger partial charge >= 0.3 is 0 Å². The van der Waals surface area contributed by atoms with Gasteiger partial charge < -0.3 is 9.84 Å². The molecule has 4 aromatic heterocycles. The maximum Gasteiger partial charge on any atom is 0.269 e. The molecule has 0 unspecified atom stereocenters. The molecule has 4 rings (SSSR count).